The standard InChI is InChI=1S/C29H25BrClN5O5/c1-41-20-10-8-19(9-11-20)36-25(27(38)33-24(26(32)37)17-5-3-2-4-6-17)23-16-34(13-14-35(23)29(36)40)28(39)18-7-12-21(30)22(31)15-18/h2-12,15,24H,13-14,16H2,1H3,(H2,32,37)(H,33,38)/t24-/m0/s1. The Morgan fingerprint density at radius 3 is 2.37 bits per heavy atom. The highest BCUT2D eigenvalue weighted by atomic mass is 79.9. The van der Waals surface area contributed by atoms with Crippen molar-refractivity contribution in [2.24, 2.45) is 5.73 Å². The average Bonchev–Trinajstić information content (AvgIpc) is 3.28. The van der Waals surface area contributed by atoms with Gasteiger partial charge in [0, 0.05) is 23.1 Å². The Bertz CT molecular complexity index is 1700. The fourth-order valence-corrected chi connectivity index (χ4v) is 5.24. The molecule has 1 aliphatic heterocycles. The van der Waals surface area contributed by atoms with Crippen molar-refractivity contribution in [1.29, 1.82) is 0 Å². The van der Waals surface area contributed by atoms with Gasteiger partial charge in [0.15, 0.2) is 0 Å². The van der Waals surface area contributed by atoms with E-state index in [2.05, 4.69) is 21.2 Å². The highest BCUT2D eigenvalue weighted by Crippen LogP contribution is 2.26. The summed E-state index contributed by atoms with van der Waals surface area (Å²) >= 11 is 9.54. The zero-order valence-corrected chi connectivity index (χ0v) is 24.2. The van der Waals surface area contributed by atoms with E-state index in [0.717, 1.165) is 0 Å². The second-order valence-corrected chi connectivity index (χ2v) is 10.6. The maximum absolute atomic E-state index is 13.9. The smallest absolute Gasteiger partial charge is 0.333 e. The Labute approximate surface area is 248 Å². The first-order chi connectivity index (χ1) is 19.7. The molecule has 12 heteroatoms. The van der Waals surface area contributed by atoms with Gasteiger partial charge < -0.3 is 20.7 Å². The van der Waals surface area contributed by atoms with Gasteiger partial charge in [-0.25, -0.2) is 4.79 Å². The molecule has 0 bridgehead atoms. The minimum Gasteiger partial charge on any atom is -0.497 e. The van der Waals surface area contributed by atoms with Crippen LogP contribution in [0.15, 0.2) is 82.1 Å². The summed E-state index contributed by atoms with van der Waals surface area (Å²) in [6.07, 6.45) is 0. The van der Waals surface area contributed by atoms with E-state index >= 15 is 0 Å². The summed E-state index contributed by atoms with van der Waals surface area (Å²) in [7, 11) is 1.52. The van der Waals surface area contributed by atoms with Crippen molar-refractivity contribution in [3.8, 4) is 11.4 Å². The zero-order valence-electron chi connectivity index (χ0n) is 21.8. The Morgan fingerprint density at radius 1 is 1.02 bits per heavy atom. The number of imidazole rings is 1. The summed E-state index contributed by atoms with van der Waals surface area (Å²) in [4.78, 5) is 55.0. The topological polar surface area (TPSA) is 129 Å². The first kappa shape index (κ1) is 28.2. The van der Waals surface area contributed by atoms with E-state index in [1.807, 2.05) is 0 Å². The number of nitrogens with two attached hydrogens (primary N) is 1. The van der Waals surface area contributed by atoms with Crippen LogP contribution in [0.3, 0.4) is 0 Å². The molecule has 0 spiro atoms. The van der Waals surface area contributed by atoms with Gasteiger partial charge in [0.25, 0.3) is 11.8 Å². The van der Waals surface area contributed by atoms with E-state index in [1.54, 1.807) is 77.7 Å². The molecule has 3 aromatic carbocycles. The van der Waals surface area contributed by atoms with Gasteiger partial charge in [0.1, 0.15) is 17.5 Å². The lowest BCUT2D eigenvalue weighted by Crippen LogP contribution is -2.41. The van der Waals surface area contributed by atoms with Crippen molar-refractivity contribution < 1.29 is 19.1 Å². The molecule has 5 rings (SSSR count). The third-order valence-corrected chi connectivity index (χ3v) is 8.10. The van der Waals surface area contributed by atoms with Crippen LogP contribution < -0.4 is 21.5 Å². The number of hydrogen-bond donors (Lipinski definition) is 2. The van der Waals surface area contributed by atoms with Crippen molar-refractivity contribution in [3.05, 3.63) is 115 Å². The number of benzene rings is 3. The Hall–Kier alpha value is -4.35. The molecule has 3 N–H and O–H groups in total. The van der Waals surface area contributed by atoms with Gasteiger partial charge in [-0.05, 0) is 64.0 Å². The molecule has 0 saturated heterocycles. The lowest BCUT2D eigenvalue weighted by Gasteiger charge is -2.28. The Balaban J connectivity index is 1.59. The van der Waals surface area contributed by atoms with Gasteiger partial charge in [0.2, 0.25) is 5.91 Å². The van der Waals surface area contributed by atoms with Crippen molar-refractivity contribution in [2.75, 3.05) is 13.7 Å². The number of aromatic nitrogens is 2. The maximum Gasteiger partial charge on any atom is 0.333 e. The maximum atomic E-state index is 13.9. The van der Waals surface area contributed by atoms with Crippen LogP contribution in [0.2, 0.25) is 5.02 Å². The molecule has 41 heavy (non-hydrogen) atoms. The molecule has 10 nitrogen and oxygen atoms in total. The van der Waals surface area contributed by atoms with E-state index in [-0.39, 0.29) is 31.2 Å². The molecule has 0 unspecified atom stereocenters. The van der Waals surface area contributed by atoms with E-state index in [9.17, 15) is 19.2 Å². The van der Waals surface area contributed by atoms with Gasteiger partial charge in [-0.1, -0.05) is 41.9 Å². The van der Waals surface area contributed by atoms with Crippen LogP contribution in [0.5, 0.6) is 5.75 Å². The van der Waals surface area contributed by atoms with Gasteiger partial charge in [-0.15, -0.1) is 0 Å². The Kier molecular flexibility index (Phi) is 8.00. The van der Waals surface area contributed by atoms with Crippen LogP contribution in [0.4, 0.5) is 0 Å². The summed E-state index contributed by atoms with van der Waals surface area (Å²) < 4.78 is 8.64. The quantitative estimate of drug-likeness (QED) is 0.319. The molecule has 210 valence electrons. The van der Waals surface area contributed by atoms with Crippen LogP contribution in [-0.2, 0) is 17.9 Å². The molecule has 4 aromatic rings. The number of nitrogens with zero attached hydrogens (tertiary/aromatic N) is 3. The van der Waals surface area contributed by atoms with Crippen molar-refractivity contribution in [1.82, 2.24) is 19.4 Å². The van der Waals surface area contributed by atoms with Crippen molar-refractivity contribution >= 4 is 45.3 Å². The summed E-state index contributed by atoms with van der Waals surface area (Å²) in [6, 6.07) is 19.0. The van der Waals surface area contributed by atoms with Gasteiger partial charge in [-0.3, -0.25) is 23.5 Å². The molecule has 1 atom stereocenters. The number of nitrogens with one attached hydrogen (secondary N) is 1. The number of carbonyl (C=O) groups is 3. The van der Waals surface area contributed by atoms with Crippen LogP contribution in [-0.4, -0.2) is 45.4 Å². The molecule has 1 aromatic heterocycles. The van der Waals surface area contributed by atoms with Crippen LogP contribution in [0, 0.1) is 0 Å². The number of hydrogen-bond acceptors (Lipinski definition) is 5. The third kappa shape index (κ3) is 5.50. The van der Waals surface area contributed by atoms with Gasteiger partial charge in [-0.2, -0.15) is 0 Å². The largest absolute Gasteiger partial charge is 0.497 e. The molecule has 0 aliphatic carbocycles. The number of primary amides is 1. The number of fused-ring (bicyclic) bond motifs is 1. The van der Waals surface area contributed by atoms with E-state index in [1.165, 1.54) is 16.2 Å². The predicted octanol–water partition coefficient (Wildman–Crippen LogP) is 3.68. The number of rotatable bonds is 7. The molecule has 0 radical (unpaired) electrons. The molecule has 1 aliphatic rings. The van der Waals surface area contributed by atoms with Crippen LogP contribution in [0.1, 0.15) is 38.1 Å². The first-order valence-corrected chi connectivity index (χ1v) is 13.7. The summed E-state index contributed by atoms with van der Waals surface area (Å²) in [5, 5.41) is 3.08. The third-order valence-electron chi connectivity index (χ3n) is 6.87. The fourth-order valence-electron chi connectivity index (χ4n) is 4.81. The second-order valence-electron chi connectivity index (χ2n) is 9.34. The minimum absolute atomic E-state index is 0.00585. The summed E-state index contributed by atoms with van der Waals surface area (Å²) in [6.45, 7) is 0.368. The lowest BCUT2D eigenvalue weighted by molar-refractivity contribution is -0.120. The highest BCUT2D eigenvalue weighted by Gasteiger charge is 2.33. The number of halogens is 2. The van der Waals surface area contributed by atoms with Crippen LogP contribution in [0.25, 0.3) is 5.69 Å². The highest BCUT2D eigenvalue weighted by molar-refractivity contribution is 9.10. The normalized spacial score (nSPS) is 13.3. The van der Waals surface area contributed by atoms with E-state index < -0.39 is 23.5 Å². The lowest BCUT2D eigenvalue weighted by atomic mass is 10.1. The number of carbonyl (C=O) groups excluding carboxylic acids is 3. The number of amides is 3. The molecule has 0 fully saturated rings. The van der Waals surface area contributed by atoms with Crippen molar-refractivity contribution in [3.63, 3.8) is 0 Å². The van der Waals surface area contributed by atoms with Crippen LogP contribution >= 0.6 is 27.5 Å². The van der Waals surface area contributed by atoms with Gasteiger partial charge >= 0.3 is 5.69 Å². The molecular weight excluding hydrogens is 614 g/mol. The minimum atomic E-state index is -1.15. The van der Waals surface area contributed by atoms with Gasteiger partial charge in [0.05, 0.1) is 30.1 Å². The molecule has 2 heterocycles. The zero-order chi connectivity index (χ0) is 29.3. The fraction of sp³-hybridized carbons (Fsp3) is 0.172. The summed E-state index contributed by atoms with van der Waals surface area (Å²) in [5.41, 5.74) is 6.79. The number of methoxy groups -OCH3 is 1. The molecular formula is C29H25BrClN5O5. The number of ether oxygens (including phenoxy) is 1. The molecule has 3 amide bonds. The first-order valence-electron chi connectivity index (χ1n) is 12.6. The van der Waals surface area contributed by atoms with Crippen molar-refractivity contribution in [2.45, 2.75) is 19.1 Å². The predicted molar refractivity (Wildman–Crippen MR) is 156 cm³/mol. The molecule has 0 saturated carbocycles. The van der Waals surface area contributed by atoms with E-state index in [0.29, 0.717) is 37.8 Å². The summed E-state index contributed by atoms with van der Waals surface area (Å²) in [5.74, 6) is -1.19. The SMILES string of the molecule is COc1ccc(-n2c(C(=O)N[C@H](C(N)=O)c3ccccc3)c3n(c2=O)CCN(C(=O)c2ccc(Br)c(Cl)c2)C3)cc1. The monoisotopic (exact) mass is 637 g/mol. The Morgan fingerprint density at radius 2 is 1.73 bits per heavy atom. The van der Waals surface area contributed by atoms with E-state index in [4.69, 9.17) is 22.1 Å². The second kappa shape index (κ2) is 11.6. The average molecular weight is 639 g/mol.